The summed E-state index contributed by atoms with van der Waals surface area (Å²) in [6.45, 7) is 8.24. The van der Waals surface area contributed by atoms with Crippen LogP contribution in [-0.2, 0) is 8.85 Å². The highest BCUT2D eigenvalue weighted by molar-refractivity contribution is 6.71. The first-order valence-corrected chi connectivity index (χ1v) is 5.40. The van der Waals surface area contributed by atoms with Gasteiger partial charge in [-0.2, -0.15) is 0 Å². The molecule has 0 aromatic heterocycles. The second kappa shape index (κ2) is 7.98. The summed E-state index contributed by atoms with van der Waals surface area (Å²) in [5, 5.41) is 0. The molecule has 11 heavy (non-hydrogen) atoms. The van der Waals surface area contributed by atoms with E-state index in [9.17, 15) is 0 Å². The molecule has 0 N–H and O–H groups in total. The molecule has 0 amide bonds. The van der Waals surface area contributed by atoms with Crippen molar-refractivity contribution in [1.29, 1.82) is 0 Å². The van der Waals surface area contributed by atoms with Gasteiger partial charge in [0.05, 0.1) is 0 Å². The largest absolute Gasteiger partial charge is 0.395 e. The standard InChI is InChI=1S/C6H14O2Si.2CH4/c1-5-8-9(4,6-2)7-3;;/h6H,2,5H2,1,3-4H3;2*1H4. The third kappa shape index (κ3) is 6.28. The summed E-state index contributed by atoms with van der Waals surface area (Å²) in [6.07, 6.45) is 0. The number of hydrogen-bond acceptors (Lipinski definition) is 2. The van der Waals surface area contributed by atoms with Crippen molar-refractivity contribution in [1.82, 2.24) is 0 Å². The molecule has 3 heteroatoms. The SMILES string of the molecule is C.C.C=C[Si](C)(OC)OCC. The fourth-order valence-electron chi connectivity index (χ4n) is 0.488. The molecule has 0 saturated heterocycles. The molecule has 0 spiro atoms. The average molecular weight is 178 g/mol. The molecule has 1 unspecified atom stereocenters. The molecule has 0 rings (SSSR count). The van der Waals surface area contributed by atoms with E-state index >= 15 is 0 Å². The predicted octanol–water partition coefficient (Wildman–Crippen LogP) is 2.74. The lowest BCUT2D eigenvalue weighted by molar-refractivity contribution is 0.228. The molecular weight excluding hydrogens is 156 g/mol. The Balaban J connectivity index is -0.000000320. The van der Waals surface area contributed by atoms with Crippen LogP contribution in [0.5, 0.6) is 0 Å². The minimum atomic E-state index is -1.93. The van der Waals surface area contributed by atoms with E-state index < -0.39 is 8.56 Å². The first kappa shape index (κ1) is 17.1. The van der Waals surface area contributed by atoms with E-state index in [0.29, 0.717) is 6.61 Å². The van der Waals surface area contributed by atoms with E-state index in [4.69, 9.17) is 8.85 Å². The van der Waals surface area contributed by atoms with Crippen molar-refractivity contribution < 1.29 is 8.85 Å². The maximum absolute atomic E-state index is 5.33. The minimum Gasteiger partial charge on any atom is -0.395 e. The van der Waals surface area contributed by atoms with Crippen LogP contribution < -0.4 is 0 Å². The van der Waals surface area contributed by atoms with Gasteiger partial charge in [-0.3, -0.25) is 0 Å². The van der Waals surface area contributed by atoms with Gasteiger partial charge in [0, 0.05) is 13.7 Å². The van der Waals surface area contributed by atoms with Gasteiger partial charge in [-0.1, -0.05) is 14.9 Å². The Morgan fingerprint density at radius 3 is 2.00 bits per heavy atom. The minimum absolute atomic E-state index is 0. The Bertz CT molecular complexity index is 96.1. The summed E-state index contributed by atoms with van der Waals surface area (Å²) in [7, 11) is -0.277. The van der Waals surface area contributed by atoms with Crippen molar-refractivity contribution in [3.8, 4) is 0 Å². The van der Waals surface area contributed by atoms with Crippen LogP contribution in [0.1, 0.15) is 21.8 Å². The molecule has 0 bridgehead atoms. The van der Waals surface area contributed by atoms with Crippen LogP contribution in [0, 0.1) is 0 Å². The normalized spacial score (nSPS) is 13.7. The van der Waals surface area contributed by atoms with Gasteiger partial charge in [-0.05, 0) is 19.2 Å². The zero-order valence-electron chi connectivity index (χ0n) is 6.31. The molecule has 0 saturated carbocycles. The van der Waals surface area contributed by atoms with Crippen LogP contribution in [0.25, 0.3) is 0 Å². The van der Waals surface area contributed by atoms with E-state index in [1.54, 1.807) is 12.8 Å². The molecular formula is C8H22O2Si. The maximum atomic E-state index is 5.33. The smallest absolute Gasteiger partial charge is 0.360 e. The molecule has 2 nitrogen and oxygen atoms in total. The summed E-state index contributed by atoms with van der Waals surface area (Å²) in [5.41, 5.74) is 1.77. The predicted molar refractivity (Wildman–Crippen MR) is 53.9 cm³/mol. The van der Waals surface area contributed by atoms with Gasteiger partial charge >= 0.3 is 8.56 Å². The second-order valence-corrected chi connectivity index (χ2v) is 4.99. The van der Waals surface area contributed by atoms with Crippen LogP contribution in [0.15, 0.2) is 12.3 Å². The third-order valence-corrected chi connectivity index (χ3v) is 3.62. The topological polar surface area (TPSA) is 18.5 Å². The fraction of sp³-hybridized carbons (Fsp3) is 0.750. The molecule has 0 heterocycles. The zero-order valence-corrected chi connectivity index (χ0v) is 7.31. The van der Waals surface area contributed by atoms with E-state index in [1.807, 2.05) is 13.5 Å². The highest BCUT2D eigenvalue weighted by Crippen LogP contribution is 2.04. The van der Waals surface area contributed by atoms with Crippen molar-refractivity contribution in [3.63, 3.8) is 0 Å². The highest BCUT2D eigenvalue weighted by atomic mass is 28.4. The number of rotatable bonds is 4. The van der Waals surface area contributed by atoms with E-state index in [0.717, 1.165) is 0 Å². The first-order valence-electron chi connectivity index (χ1n) is 3.01. The summed E-state index contributed by atoms with van der Waals surface area (Å²) in [6, 6.07) is 0. The van der Waals surface area contributed by atoms with Crippen molar-refractivity contribution >= 4 is 8.56 Å². The van der Waals surface area contributed by atoms with Crippen LogP contribution >= 0.6 is 0 Å². The van der Waals surface area contributed by atoms with Crippen LogP contribution in [0.4, 0.5) is 0 Å². The molecule has 0 aromatic rings. The third-order valence-electron chi connectivity index (χ3n) is 1.21. The molecule has 0 radical (unpaired) electrons. The van der Waals surface area contributed by atoms with Gasteiger partial charge in [0.1, 0.15) is 0 Å². The van der Waals surface area contributed by atoms with Crippen molar-refractivity contribution in [3.05, 3.63) is 12.3 Å². The Kier molecular flexibility index (Phi) is 12.4. The van der Waals surface area contributed by atoms with Crippen LogP contribution in [-0.4, -0.2) is 22.3 Å². The summed E-state index contributed by atoms with van der Waals surface area (Å²) in [4.78, 5) is 0. The van der Waals surface area contributed by atoms with Gasteiger partial charge in [0.15, 0.2) is 0 Å². The molecule has 0 aliphatic carbocycles. The van der Waals surface area contributed by atoms with Gasteiger partial charge in [0.2, 0.25) is 0 Å². The zero-order chi connectivity index (χ0) is 7.33. The van der Waals surface area contributed by atoms with E-state index in [2.05, 4.69) is 6.58 Å². The van der Waals surface area contributed by atoms with Crippen molar-refractivity contribution in [2.45, 2.75) is 28.3 Å². The molecule has 70 valence electrons. The van der Waals surface area contributed by atoms with Gasteiger partial charge in [-0.15, -0.1) is 6.58 Å². The Morgan fingerprint density at radius 2 is 1.91 bits per heavy atom. The maximum Gasteiger partial charge on any atom is 0.360 e. The number of hydrogen-bond donors (Lipinski definition) is 0. The highest BCUT2D eigenvalue weighted by Gasteiger charge is 2.24. The summed E-state index contributed by atoms with van der Waals surface area (Å²) in [5.74, 6) is 0. The van der Waals surface area contributed by atoms with Crippen LogP contribution in [0.3, 0.4) is 0 Å². The molecule has 0 aliphatic heterocycles. The van der Waals surface area contributed by atoms with Gasteiger partial charge in [-0.25, -0.2) is 0 Å². The lowest BCUT2D eigenvalue weighted by atomic mass is 10.9. The van der Waals surface area contributed by atoms with Crippen molar-refractivity contribution in [2.75, 3.05) is 13.7 Å². The molecule has 0 aliphatic rings. The monoisotopic (exact) mass is 178 g/mol. The summed E-state index contributed by atoms with van der Waals surface area (Å²) < 4.78 is 10.5. The Labute approximate surface area is 72.5 Å². The van der Waals surface area contributed by atoms with Crippen LogP contribution in [0.2, 0.25) is 6.55 Å². The summed E-state index contributed by atoms with van der Waals surface area (Å²) >= 11 is 0. The molecule has 0 fully saturated rings. The Hall–Kier alpha value is -0.123. The first-order chi connectivity index (χ1) is 4.18. The second-order valence-electron chi connectivity index (χ2n) is 1.86. The van der Waals surface area contributed by atoms with Gasteiger partial charge in [0.25, 0.3) is 0 Å². The lowest BCUT2D eigenvalue weighted by Gasteiger charge is -2.19. The lowest BCUT2D eigenvalue weighted by Crippen LogP contribution is -2.34. The van der Waals surface area contributed by atoms with E-state index in [-0.39, 0.29) is 14.9 Å². The molecule has 1 atom stereocenters. The fourth-order valence-corrected chi connectivity index (χ4v) is 1.46. The Morgan fingerprint density at radius 1 is 1.45 bits per heavy atom. The van der Waals surface area contributed by atoms with Gasteiger partial charge < -0.3 is 8.85 Å². The average Bonchev–Trinajstić information content (AvgIpc) is 1.89. The molecule has 0 aromatic carbocycles. The quantitative estimate of drug-likeness (QED) is 0.616. The van der Waals surface area contributed by atoms with E-state index in [1.165, 1.54) is 0 Å². The van der Waals surface area contributed by atoms with Crippen molar-refractivity contribution in [2.24, 2.45) is 0 Å².